The van der Waals surface area contributed by atoms with Crippen LogP contribution in [-0.2, 0) is 0 Å². The van der Waals surface area contributed by atoms with E-state index in [4.69, 9.17) is 23.1 Å². The average Bonchev–Trinajstić information content (AvgIpc) is 2.45. The molecule has 0 bridgehead atoms. The maximum absolute atomic E-state index is 13.7. The minimum atomic E-state index is -0.817. The van der Waals surface area contributed by atoms with Gasteiger partial charge >= 0.3 is 0 Å². The third kappa shape index (κ3) is 3.55. The molecule has 0 spiro atoms. The van der Waals surface area contributed by atoms with Crippen LogP contribution in [0.4, 0.5) is 4.39 Å². The highest BCUT2D eigenvalue weighted by Crippen LogP contribution is 2.18. The van der Waals surface area contributed by atoms with Crippen molar-refractivity contribution in [2.45, 2.75) is 6.04 Å². The summed E-state index contributed by atoms with van der Waals surface area (Å²) in [6.45, 7) is 0. The average molecular weight is 304 g/mol. The summed E-state index contributed by atoms with van der Waals surface area (Å²) in [6.07, 6.45) is 0. The molecule has 1 unspecified atom stereocenters. The van der Waals surface area contributed by atoms with Crippen molar-refractivity contribution < 1.29 is 14.3 Å². The van der Waals surface area contributed by atoms with Gasteiger partial charge < -0.3 is 16.2 Å². The van der Waals surface area contributed by atoms with Gasteiger partial charge in [0.1, 0.15) is 22.6 Å². The van der Waals surface area contributed by atoms with Gasteiger partial charge in [-0.25, -0.2) is 4.39 Å². The predicted octanol–water partition coefficient (Wildman–Crippen LogP) is 2.29. The van der Waals surface area contributed by atoms with Crippen LogP contribution in [-0.4, -0.2) is 16.0 Å². The quantitative estimate of drug-likeness (QED) is 0.758. The van der Waals surface area contributed by atoms with E-state index in [2.05, 4.69) is 5.32 Å². The molecule has 0 aromatic heterocycles. The number of rotatable bonds is 4. The smallest absolute Gasteiger partial charge is 0.255 e. The number of hydrogen-bond acceptors (Lipinski definition) is 3. The zero-order valence-electron chi connectivity index (χ0n) is 10.9. The van der Waals surface area contributed by atoms with Crippen molar-refractivity contribution in [2.75, 3.05) is 0 Å². The van der Waals surface area contributed by atoms with Crippen LogP contribution in [0.25, 0.3) is 0 Å². The first kappa shape index (κ1) is 14.9. The minimum absolute atomic E-state index is 0.0775. The Morgan fingerprint density at radius 2 is 1.90 bits per heavy atom. The van der Waals surface area contributed by atoms with Crippen molar-refractivity contribution in [1.29, 1.82) is 0 Å². The maximum Gasteiger partial charge on any atom is 0.255 e. The molecular formula is C15H13FN2O2S. The number of carbonyl (C=O) groups is 1. The van der Waals surface area contributed by atoms with Crippen LogP contribution in [0, 0.1) is 5.82 Å². The number of nitrogens with one attached hydrogen (secondary N) is 1. The molecule has 2 aromatic carbocycles. The van der Waals surface area contributed by atoms with Gasteiger partial charge in [-0.1, -0.05) is 42.5 Å². The number of benzene rings is 2. The van der Waals surface area contributed by atoms with Gasteiger partial charge in [0.05, 0.1) is 5.56 Å². The highest BCUT2D eigenvalue weighted by Gasteiger charge is 2.20. The van der Waals surface area contributed by atoms with Crippen molar-refractivity contribution in [2.24, 2.45) is 5.73 Å². The standard InChI is InChI=1S/C15H13FN2O2S/c16-12-8-10(19)6-7-11(12)15(20)18-13(14(17)21)9-4-2-1-3-5-9/h1-8,13,19H,(H2,17,21)(H,18,20). The van der Waals surface area contributed by atoms with E-state index in [9.17, 15) is 9.18 Å². The number of hydrogen-bond donors (Lipinski definition) is 3. The fourth-order valence-corrected chi connectivity index (χ4v) is 2.06. The lowest BCUT2D eigenvalue weighted by Crippen LogP contribution is -2.36. The zero-order chi connectivity index (χ0) is 15.4. The number of phenolic OH excluding ortho intramolecular Hbond substituents is 1. The first-order valence-electron chi connectivity index (χ1n) is 6.12. The van der Waals surface area contributed by atoms with Gasteiger partial charge in [-0.3, -0.25) is 4.79 Å². The summed E-state index contributed by atoms with van der Waals surface area (Å²) >= 11 is 4.95. The first-order chi connectivity index (χ1) is 9.99. The van der Waals surface area contributed by atoms with E-state index < -0.39 is 17.8 Å². The number of aromatic hydroxyl groups is 1. The molecule has 0 aliphatic carbocycles. The van der Waals surface area contributed by atoms with Crippen LogP contribution in [0.15, 0.2) is 48.5 Å². The summed E-state index contributed by atoms with van der Waals surface area (Å²) < 4.78 is 13.7. The molecule has 0 fully saturated rings. The molecule has 0 aliphatic heterocycles. The lowest BCUT2D eigenvalue weighted by atomic mass is 10.1. The van der Waals surface area contributed by atoms with E-state index in [0.29, 0.717) is 5.56 Å². The Labute approximate surface area is 126 Å². The topological polar surface area (TPSA) is 75.3 Å². The number of carbonyl (C=O) groups excluding carboxylic acids is 1. The zero-order valence-corrected chi connectivity index (χ0v) is 11.7. The molecule has 4 N–H and O–H groups in total. The van der Waals surface area contributed by atoms with Gasteiger partial charge in [-0.05, 0) is 17.7 Å². The normalized spacial score (nSPS) is 11.7. The van der Waals surface area contributed by atoms with E-state index in [1.54, 1.807) is 24.3 Å². The van der Waals surface area contributed by atoms with Crippen molar-refractivity contribution in [1.82, 2.24) is 5.32 Å². The van der Waals surface area contributed by atoms with E-state index in [1.165, 1.54) is 12.1 Å². The molecule has 2 rings (SSSR count). The summed E-state index contributed by atoms with van der Waals surface area (Å²) in [6, 6.07) is 11.5. The minimum Gasteiger partial charge on any atom is -0.508 e. The Balaban J connectivity index is 2.25. The molecule has 1 amide bonds. The van der Waals surface area contributed by atoms with Gasteiger partial charge in [0.25, 0.3) is 5.91 Å². The van der Waals surface area contributed by atoms with Crippen molar-refractivity contribution in [3.05, 3.63) is 65.5 Å². The Morgan fingerprint density at radius 3 is 2.48 bits per heavy atom. The second-order valence-electron chi connectivity index (χ2n) is 4.38. The maximum atomic E-state index is 13.7. The number of nitrogens with two attached hydrogens (primary N) is 1. The molecule has 4 nitrogen and oxygen atoms in total. The van der Waals surface area contributed by atoms with E-state index in [1.807, 2.05) is 6.07 Å². The Bertz CT molecular complexity index is 677. The van der Waals surface area contributed by atoms with Gasteiger partial charge in [-0.15, -0.1) is 0 Å². The fourth-order valence-electron chi connectivity index (χ4n) is 1.86. The number of phenols is 1. The number of halogens is 1. The third-order valence-electron chi connectivity index (χ3n) is 2.89. The summed E-state index contributed by atoms with van der Waals surface area (Å²) in [4.78, 5) is 12.2. The van der Waals surface area contributed by atoms with E-state index in [-0.39, 0.29) is 16.3 Å². The van der Waals surface area contributed by atoms with E-state index >= 15 is 0 Å². The molecule has 0 saturated carbocycles. The van der Waals surface area contributed by atoms with Crippen molar-refractivity contribution in [3.8, 4) is 5.75 Å². The third-order valence-corrected chi connectivity index (χ3v) is 3.13. The lowest BCUT2D eigenvalue weighted by Gasteiger charge is -2.18. The van der Waals surface area contributed by atoms with Gasteiger partial charge in [0.15, 0.2) is 0 Å². The molecule has 2 aromatic rings. The van der Waals surface area contributed by atoms with Crippen LogP contribution in [0.2, 0.25) is 0 Å². The monoisotopic (exact) mass is 304 g/mol. The first-order valence-corrected chi connectivity index (χ1v) is 6.53. The lowest BCUT2D eigenvalue weighted by molar-refractivity contribution is 0.0943. The van der Waals surface area contributed by atoms with Crippen LogP contribution in [0.5, 0.6) is 5.75 Å². The number of thiocarbonyl (C=S) groups is 1. The second-order valence-corrected chi connectivity index (χ2v) is 4.86. The molecule has 0 radical (unpaired) electrons. The molecule has 0 heterocycles. The van der Waals surface area contributed by atoms with Gasteiger partial charge in [0, 0.05) is 6.07 Å². The summed E-state index contributed by atoms with van der Waals surface area (Å²) in [5.74, 6) is -1.73. The molecule has 0 saturated heterocycles. The molecule has 6 heteroatoms. The fraction of sp³-hybridized carbons (Fsp3) is 0.0667. The van der Waals surface area contributed by atoms with Crippen LogP contribution < -0.4 is 11.1 Å². The van der Waals surface area contributed by atoms with E-state index in [0.717, 1.165) is 6.07 Å². The predicted molar refractivity (Wildman–Crippen MR) is 81.5 cm³/mol. The molecule has 21 heavy (non-hydrogen) atoms. The van der Waals surface area contributed by atoms with Crippen LogP contribution >= 0.6 is 12.2 Å². The highest BCUT2D eigenvalue weighted by atomic mass is 32.1. The van der Waals surface area contributed by atoms with Crippen molar-refractivity contribution >= 4 is 23.1 Å². The summed E-state index contributed by atoms with van der Waals surface area (Å²) in [5.41, 5.74) is 6.16. The highest BCUT2D eigenvalue weighted by molar-refractivity contribution is 7.80. The van der Waals surface area contributed by atoms with Crippen LogP contribution in [0.1, 0.15) is 22.0 Å². The molecule has 1 atom stereocenters. The summed E-state index contributed by atoms with van der Waals surface area (Å²) in [7, 11) is 0. The molecule has 0 aliphatic rings. The second kappa shape index (κ2) is 6.32. The van der Waals surface area contributed by atoms with Crippen molar-refractivity contribution in [3.63, 3.8) is 0 Å². The molecule has 108 valence electrons. The SMILES string of the molecule is NC(=S)C(NC(=O)c1ccc(O)cc1F)c1ccccc1. The van der Waals surface area contributed by atoms with Gasteiger partial charge in [-0.2, -0.15) is 0 Å². The summed E-state index contributed by atoms with van der Waals surface area (Å²) in [5, 5.41) is 11.7. The number of amides is 1. The Morgan fingerprint density at radius 1 is 1.24 bits per heavy atom. The largest absolute Gasteiger partial charge is 0.508 e. The van der Waals surface area contributed by atoms with Gasteiger partial charge in [0.2, 0.25) is 0 Å². The Hall–Kier alpha value is -2.47. The molecular weight excluding hydrogens is 291 g/mol. The van der Waals surface area contributed by atoms with Crippen LogP contribution in [0.3, 0.4) is 0 Å². The Kier molecular flexibility index (Phi) is 4.49.